The second-order valence-electron chi connectivity index (χ2n) is 6.65. The standard InChI is InChI=1S/C17H31N5OS/c1-5-18-16(19-7-6-15-20-12-14(2)24-15)21-13-17(3,4)22-8-10-23-11-9-22/h12H,5-11,13H2,1-4H3,(H2,18,19,21). The first-order chi connectivity index (χ1) is 11.5. The van der Waals surface area contributed by atoms with Crippen molar-refractivity contribution in [1.82, 2.24) is 20.5 Å². The highest BCUT2D eigenvalue weighted by Gasteiger charge is 2.28. The Hall–Kier alpha value is -1.18. The molecule has 7 heteroatoms. The van der Waals surface area contributed by atoms with Gasteiger partial charge >= 0.3 is 0 Å². The largest absolute Gasteiger partial charge is 0.379 e. The van der Waals surface area contributed by atoms with Crippen LogP contribution in [-0.4, -0.2) is 67.3 Å². The Bertz CT molecular complexity index is 523. The van der Waals surface area contributed by atoms with Crippen molar-refractivity contribution in [1.29, 1.82) is 0 Å². The maximum absolute atomic E-state index is 5.45. The van der Waals surface area contributed by atoms with E-state index in [1.54, 1.807) is 11.3 Å². The van der Waals surface area contributed by atoms with Crippen LogP contribution in [-0.2, 0) is 11.2 Å². The first kappa shape index (κ1) is 19.1. The summed E-state index contributed by atoms with van der Waals surface area (Å²) in [6, 6.07) is 0. The SMILES string of the molecule is CCNC(=NCC(C)(C)N1CCOCC1)NCCc1ncc(C)s1. The van der Waals surface area contributed by atoms with Crippen LogP contribution in [0.1, 0.15) is 30.7 Å². The number of thiazole rings is 1. The van der Waals surface area contributed by atoms with E-state index in [9.17, 15) is 0 Å². The molecule has 0 unspecified atom stereocenters. The molecule has 2 N–H and O–H groups in total. The molecule has 1 aliphatic rings. The predicted molar refractivity (Wildman–Crippen MR) is 101 cm³/mol. The summed E-state index contributed by atoms with van der Waals surface area (Å²) in [4.78, 5) is 12.9. The summed E-state index contributed by atoms with van der Waals surface area (Å²) in [6.07, 6.45) is 2.86. The van der Waals surface area contributed by atoms with Gasteiger partial charge in [-0.2, -0.15) is 0 Å². The molecule has 2 rings (SSSR count). The van der Waals surface area contributed by atoms with Crippen molar-refractivity contribution >= 4 is 17.3 Å². The van der Waals surface area contributed by atoms with E-state index < -0.39 is 0 Å². The molecule has 0 radical (unpaired) electrons. The summed E-state index contributed by atoms with van der Waals surface area (Å²) in [5, 5.41) is 7.92. The fraction of sp³-hybridized carbons (Fsp3) is 0.765. The van der Waals surface area contributed by atoms with E-state index in [-0.39, 0.29) is 5.54 Å². The van der Waals surface area contributed by atoms with Gasteiger partial charge in [0.1, 0.15) is 0 Å². The van der Waals surface area contributed by atoms with Gasteiger partial charge < -0.3 is 15.4 Å². The molecular weight excluding hydrogens is 322 g/mol. The highest BCUT2D eigenvalue weighted by atomic mass is 32.1. The van der Waals surface area contributed by atoms with Crippen molar-refractivity contribution in [3.8, 4) is 0 Å². The van der Waals surface area contributed by atoms with E-state index in [2.05, 4.69) is 48.2 Å². The number of guanidine groups is 1. The monoisotopic (exact) mass is 353 g/mol. The van der Waals surface area contributed by atoms with Gasteiger partial charge in [-0.15, -0.1) is 11.3 Å². The van der Waals surface area contributed by atoms with Crippen molar-refractivity contribution in [3.05, 3.63) is 16.1 Å². The van der Waals surface area contributed by atoms with Crippen LogP contribution in [0.25, 0.3) is 0 Å². The Morgan fingerprint density at radius 1 is 1.38 bits per heavy atom. The summed E-state index contributed by atoms with van der Waals surface area (Å²) in [6.45, 7) is 14.8. The Kier molecular flexibility index (Phi) is 7.45. The number of aromatic nitrogens is 1. The van der Waals surface area contributed by atoms with E-state index in [4.69, 9.17) is 9.73 Å². The number of aliphatic imine (C=N–C) groups is 1. The fourth-order valence-electron chi connectivity index (χ4n) is 2.69. The zero-order valence-corrected chi connectivity index (χ0v) is 16.2. The van der Waals surface area contributed by atoms with Crippen LogP contribution in [0.4, 0.5) is 0 Å². The fourth-order valence-corrected chi connectivity index (χ4v) is 3.47. The molecule has 0 aliphatic carbocycles. The first-order valence-electron chi connectivity index (χ1n) is 8.77. The average Bonchev–Trinajstić information content (AvgIpc) is 2.99. The van der Waals surface area contributed by atoms with E-state index in [0.29, 0.717) is 0 Å². The molecule has 0 bridgehead atoms. The minimum absolute atomic E-state index is 0.0402. The lowest BCUT2D eigenvalue weighted by Gasteiger charge is -2.39. The van der Waals surface area contributed by atoms with Crippen LogP contribution in [0.2, 0.25) is 0 Å². The van der Waals surface area contributed by atoms with Crippen LogP contribution in [0.15, 0.2) is 11.2 Å². The third-order valence-electron chi connectivity index (χ3n) is 4.14. The predicted octanol–water partition coefficient (Wildman–Crippen LogP) is 1.66. The van der Waals surface area contributed by atoms with Gasteiger partial charge in [0.2, 0.25) is 0 Å². The molecule has 1 saturated heterocycles. The second kappa shape index (κ2) is 9.34. The molecule has 2 heterocycles. The van der Waals surface area contributed by atoms with Crippen LogP contribution in [0, 0.1) is 6.92 Å². The lowest BCUT2D eigenvalue weighted by molar-refractivity contribution is -0.00683. The van der Waals surface area contributed by atoms with Crippen molar-refractivity contribution in [3.63, 3.8) is 0 Å². The molecule has 1 fully saturated rings. The summed E-state index contributed by atoms with van der Waals surface area (Å²) in [5.74, 6) is 0.882. The molecule has 136 valence electrons. The van der Waals surface area contributed by atoms with E-state index >= 15 is 0 Å². The molecule has 1 aromatic rings. The lowest BCUT2D eigenvalue weighted by atomic mass is 10.0. The van der Waals surface area contributed by atoms with Gasteiger partial charge in [0, 0.05) is 49.2 Å². The number of hydrogen-bond acceptors (Lipinski definition) is 5. The van der Waals surface area contributed by atoms with Gasteiger partial charge in [-0.3, -0.25) is 9.89 Å². The number of nitrogens with zero attached hydrogens (tertiary/aromatic N) is 3. The maximum atomic E-state index is 5.45. The van der Waals surface area contributed by atoms with Gasteiger partial charge in [-0.05, 0) is 27.7 Å². The minimum Gasteiger partial charge on any atom is -0.379 e. The van der Waals surface area contributed by atoms with E-state index in [1.165, 1.54) is 9.88 Å². The second-order valence-corrected chi connectivity index (χ2v) is 7.97. The van der Waals surface area contributed by atoms with E-state index in [1.807, 2.05) is 6.20 Å². The number of hydrogen-bond donors (Lipinski definition) is 2. The Morgan fingerprint density at radius 3 is 2.75 bits per heavy atom. The molecule has 0 atom stereocenters. The van der Waals surface area contributed by atoms with E-state index in [0.717, 1.165) is 58.3 Å². The van der Waals surface area contributed by atoms with Gasteiger partial charge in [0.05, 0.1) is 24.8 Å². The highest BCUT2D eigenvalue weighted by molar-refractivity contribution is 7.11. The summed E-state index contributed by atoms with van der Waals surface area (Å²) < 4.78 is 5.45. The molecular formula is C17H31N5OS. The minimum atomic E-state index is 0.0402. The smallest absolute Gasteiger partial charge is 0.191 e. The van der Waals surface area contributed by atoms with Crippen molar-refractivity contribution in [2.45, 2.75) is 39.7 Å². The number of ether oxygens (including phenoxy) is 1. The third kappa shape index (κ3) is 6.03. The molecule has 0 amide bonds. The molecule has 24 heavy (non-hydrogen) atoms. The molecule has 0 aromatic carbocycles. The van der Waals surface area contributed by atoms with Crippen molar-refractivity contribution in [2.75, 3.05) is 45.9 Å². The van der Waals surface area contributed by atoms with Crippen molar-refractivity contribution < 1.29 is 4.74 Å². The summed E-state index contributed by atoms with van der Waals surface area (Å²) >= 11 is 1.76. The lowest BCUT2D eigenvalue weighted by Crippen LogP contribution is -2.52. The van der Waals surface area contributed by atoms with Crippen LogP contribution < -0.4 is 10.6 Å². The van der Waals surface area contributed by atoms with Gasteiger partial charge in [-0.1, -0.05) is 0 Å². The highest BCUT2D eigenvalue weighted by Crippen LogP contribution is 2.16. The summed E-state index contributed by atoms with van der Waals surface area (Å²) in [7, 11) is 0. The third-order valence-corrected chi connectivity index (χ3v) is 5.11. The molecule has 1 aromatic heterocycles. The molecule has 6 nitrogen and oxygen atoms in total. The zero-order valence-electron chi connectivity index (χ0n) is 15.4. The average molecular weight is 354 g/mol. The Morgan fingerprint density at radius 2 is 2.12 bits per heavy atom. The molecule has 0 saturated carbocycles. The number of nitrogens with one attached hydrogen (secondary N) is 2. The quantitative estimate of drug-likeness (QED) is 0.577. The van der Waals surface area contributed by atoms with Gasteiger partial charge in [-0.25, -0.2) is 4.98 Å². The Labute approximate surface area is 149 Å². The topological polar surface area (TPSA) is 61.8 Å². The Balaban J connectivity index is 1.84. The number of morpholine rings is 1. The number of rotatable bonds is 7. The molecule has 1 aliphatic heterocycles. The van der Waals surface area contributed by atoms with Crippen LogP contribution >= 0.6 is 11.3 Å². The van der Waals surface area contributed by atoms with Gasteiger partial charge in [0.15, 0.2) is 5.96 Å². The first-order valence-corrected chi connectivity index (χ1v) is 9.59. The zero-order chi connectivity index (χ0) is 17.4. The normalized spacial score (nSPS) is 17.1. The van der Waals surface area contributed by atoms with Gasteiger partial charge in [0.25, 0.3) is 0 Å². The van der Waals surface area contributed by atoms with Crippen LogP contribution in [0.5, 0.6) is 0 Å². The van der Waals surface area contributed by atoms with Crippen molar-refractivity contribution in [2.24, 2.45) is 4.99 Å². The maximum Gasteiger partial charge on any atom is 0.191 e. The molecule has 0 spiro atoms. The number of aryl methyl sites for hydroxylation is 1. The summed E-state index contributed by atoms with van der Waals surface area (Å²) in [5.41, 5.74) is 0.0402. The van der Waals surface area contributed by atoms with Crippen LogP contribution in [0.3, 0.4) is 0 Å².